The molecule has 0 radical (unpaired) electrons. The maximum absolute atomic E-state index is 11.8. The number of rotatable bonds is 5. The van der Waals surface area contributed by atoms with Crippen LogP contribution in [0, 0.1) is 11.8 Å². The number of carboxylic acid groups (broad SMARTS) is 1. The van der Waals surface area contributed by atoms with E-state index in [2.05, 4.69) is 34.8 Å². The molecule has 0 spiro atoms. The molecule has 0 bridgehead atoms. The highest BCUT2D eigenvalue weighted by molar-refractivity contribution is 5.84. The van der Waals surface area contributed by atoms with Crippen molar-refractivity contribution in [2.75, 3.05) is 6.54 Å². The summed E-state index contributed by atoms with van der Waals surface area (Å²) in [6.45, 7) is 5.11. The first-order chi connectivity index (χ1) is 9.97. The molecule has 1 saturated carbocycles. The maximum Gasteiger partial charge on any atom is 0.358 e. The van der Waals surface area contributed by atoms with E-state index in [4.69, 9.17) is 5.11 Å². The molecule has 3 unspecified atom stereocenters. The van der Waals surface area contributed by atoms with Crippen LogP contribution < -0.4 is 10.6 Å². The van der Waals surface area contributed by atoms with Crippen molar-refractivity contribution < 1.29 is 14.7 Å². The molecule has 3 atom stereocenters. The van der Waals surface area contributed by atoms with Crippen molar-refractivity contribution in [2.24, 2.45) is 11.8 Å². The van der Waals surface area contributed by atoms with Gasteiger partial charge in [0.15, 0.2) is 5.69 Å². The number of aromatic nitrogens is 3. The van der Waals surface area contributed by atoms with Gasteiger partial charge in [-0.1, -0.05) is 19.1 Å². The molecule has 1 heterocycles. The van der Waals surface area contributed by atoms with Gasteiger partial charge in [0.1, 0.15) is 0 Å². The normalized spacial score (nSPS) is 24.8. The highest BCUT2D eigenvalue weighted by Gasteiger charge is 2.30. The third-order valence-electron chi connectivity index (χ3n) is 4.17. The van der Waals surface area contributed by atoms with Gasteiger partial charge in [0, 0.05) is 12.6 Å². The molecule has 1 fully saturated rings. The van der Waals surface area contributed by atoms with Crippen LogP contribution in [0.3, 0.4) is 0 Å². The van der Waals surface area contributed by atoms with Crippen LogP contribution in [0.5, 0.6) is 0 Å². The molecule has 2 rings (SSSR count). The Labute approximate surface area is 122 Å². The minimum absolute atomic E-state index is 0.104. The Kier molecular flexibility index (Phi) is 4.77. The van der Waals surface area contributed by atoms with E-state index in [1.807, 2.05) is 0 Å². The standard InChI is InChI=1S/C13H21N5O3/c1-8-3-4-10(9(8)2)15-13(21)14-5-6-18-7-11(12(19)20)16-17-18/h7-10H,3-6H2,1-2H3,(H,19,20)(H2,14,15,21). The molecule has 3 N–H and O–H groups in total. The second kappa shape index (κ2) is 6.55. The van der Waals surface area contributed by atoms with Gasteiger partial charge in [0.25, 0.3) is 0 Å². The molecule has 2 amide bonds. The quantitative estimate of drug-likeness (QED) is 0.741. The first-order valence-electron chi connectivity index (χ1n) is 7.15. The van der Waals surface area contributed by atoms with Gasteiger partial charge in [-0.2, -0.15) is 0 Å². The summed E-state index contributed by atoms with van der Waals surface area (Å²) in [6, 6.07) is 0.0320. The van der Waals surface area contributed by atoms with E-state index in [1.54, 1.807) is 0 Å². The number of hydrogen-bond donors (Lipinski definition) is 3. The smallest absolute Gasteiger partial charge is 0.358 e. The average Bonchev–Trinajstić information content (AvgIpc) is 3.01. The van der Waals surface area contributed by atoms with E-state index in [1.165, 1.54) is 10.9 Å². The van der Waals surface area contributed by atoms with Crippen LogP contribution >= 0.6 is 0 Å². The zero-order valence-electron chi connectivity index (χ0n) is 12.2. The number of aromatic carboxylic acids is 1. The van der Waals surface area contributed by atoms with Crippen molar-refractivity contribution in [1.82, 2.24) is 25.6 Å². The lowest BCUT2D eigenvalue weighted by Crippen LogP contribution is -2.44. The van der Waals surface area contributed by atoms with Crippen LogP contribution in [0.2, 0.25) is 0 Å². The lowest BCUT2D eigenvalue weighted by molar-refractivity contribution is 0.0690. The molecule has 0 aromatic carbocycles. The summed E-state index contributed by atoms with van der Waals surface area (Å²) in [5, 5.41) is 21.6. The third kappa shape index (κ3) is 3.93. The number of carboxylic acids is 1. The van der Waals surface area contributed by atoms with Crippen LogP contribution in [-0.4, -0.2) is 44.7 Å². The number of carbonyl (C=O) groups is 2. The van der Waals surface area contributed by atoms with Gasteiger partial charge in [-0.05, 0) is 24.7 Å². The van der Waals surface area contributed by atoms with Crippen molar-refractivity contribution in [3.05, 3.63) is 11.9 Å². The van der Waals surface area contributed by atoms with Gasteiger partial charge in [0.2, 0.25) is 0 Å². The lowest BCUT2D eigenvalue weighted by Gasteiger charge is -2.19. The van der Waals surface area contributed by atoms with E-state index in [0.29, 0.717) is 24.9 Å². The lowest BCUT2D eigenvalue weighted by atomic mass is 9.98. The molecule has 1 aliphatic rings. The predicted molar refractivity (Wildman–Crippen MR) is 74.9 cm³/mol. The zero-order valence-corrected chi connectivity index (χ0v) is 12.2. The Hall–Kier alpha value is -2.12. The second-order valence-corrected chi connectivity index (χ2v) is 5.59. The topological polar surface area (TPSA) is 109 Å². The van der Waals surface area contributed by atoms with Gasteiger partial charge in [-0.3, -0.25) is 0 Å². The molecule has 1 aliphatic carbocycles. The molecular weight excluding hydrogens is 274 g/mol. The molecule has 21 heavy (non-hydrogen) atoms. The Balaban J connectivity index is 1.70. The highest BCUT2D eigenvalue weighted by Crippen LogP contribution is 2.30. The molecular formula is C13H21N5O3. The van der Waals surface area contributed by atoms with Crippen molar-refractivity contribution >= 4 is 12.0 Å². The number of urea groups is 1. The number of nitrogens with one attached hydrogen (secondary N) is 2. The Bertz CT molecular complexity index is 516. The number of amides is 2. The van der Waals surface area contributed by atoms with E-state index in [-0.39, 0.29) is 17.8 Å². The van der Waals surface area contributed by atoms with Gasteiger partial charge in [-0.25, -0.2) is 14.3 Å². The number of hydrogen-bond acceptors (Lipinski definition) is 4. The monoisotopic (exact) mass is 295 g/mol. The van der Waals surface area contributed by atoms with Crippen LogP contribution in [0.4, 0.5) is 4.79 Å². The average molecular weight is 295 g/mol. The SMILES string of the molecule is CC1CCC(NC(=O)NCCn2cc(C(=O)O)nn2)C1C. The largest absolute Gasteiger partial charge is 0.476 e. The minimum Gasteiger partial charge on any atom is -0.476 e. The summed E-state index contributed by atoms with van der Waals surface area (Å²) in [5.74, 6) is 0.0142. The van der Waals surface area contributed by atoms with Crippen molar-refractivity contribution in [3.63, 3.8) is 0 Å². The Morgan fingerprint density at radius 3 is 2.76 bits per heavy atom. The summed E-state index contributed by atoms with van der Waals surface area (Å²) < 4.78 is 1.39. The van der Waals surface area contributed by atoms with Crippen LogP contribution in [-0.2, 0) is 6.54 Å². The summed E-state index contributed by atoms with van der Waals surface area (Å²) in [4.78, 5) is 22.4. The number of nitrogens with zero attached hydrogens (tertiary/aromatic N) is 3. The first kappa shape index (κ1) is 15.3. The second-order valence-electron chi connectivity index (χ2n) is 5.59. The van der Waals surface area contributed by atoms with E-state index in [9.17, 15) is 9.59 Å². The molecule has 116 valence electrons. The van der Waals surface area contributed by atoms with Gasteiger partial charge < -0.3 is 15.7 Å². The predicted octanol–water partition coefficient (Wildman–Crippen LogP) is 0.710. The fourth-order valence-corrected chi connectivity index (χ4v) is 2.58. The van der Waals surface area contributed by atoms with Crippen LogP contribution in [0.15, 0.2) is 6.20 Å². The van der Waals surface area contributed by atoms with Gasteiger partial charge in [0.05, 0.1) is 12.7 Å². The molecule has 0 aliphatic heterocycles. The van der Waals surface area contributed by atoms with Gasteiger partial charge >= 0.3 is 12.0 Å². The Morgan fingerprint density at radius 2 is 2.19 bits per heavy atom. The molecule has 1 aromatic heterocycles. The Morgan fingerprint density at radius 1 is 1.43 bits per heavy atom. The number of carbonyl (C=O) groups excluding carboxylic acids is 1. The van der Waals surface area contributed by atoms with Gasteiger partial charge in [-0.15, -0.1) is 5.10 Å². The molecule has 8 heteroatoms. The molecule has 8 nitrogen and oxygen atoms in total. The zero-order chi connectivity index (χ0) is 15.4. The fraction of sp³-hybridized carbons (Fsp3) is 0.692. The molecule has 1 aromatic rings. The highest BCUT2D eigenvalue weighted by atomic mass is 16.4. The van der Waals surface area contributed by atoms with Crippen molar-refractivity contribution in [3.8, 4) is 0 Å². The summed E-state index contributed by atoms with van der Waals surface area (Å²) >= 11 is 0. The van der Waals surface area contributed by atoms with E-state index >= 15 is 0 Å². The summed E-state index contributed by atoms with van der Waals surface area (Å²) in [5.41, 5.74) is -0.104. The molecule has 0 saturated heterocycles. The maximum atomic E-state index is 11.8. The van der Waals surface area contributed by atoms with E-state index < -0.39 is 5.97 Å². The van der Waals surface area contributed by atoms with Crippen LogP contribution in [0.1, 0.15) is 37.2 Å². The summed E-state index contributed by atoms with van der Waals surface area (Å²) in [6.07, 6.45) is 3.49. The van der Waals surface area contributed by atoms with Crippen LogP contribution in [0.25, 0.3) is 0 Å². The van der Waals surface area contributed by atoms with Crippen molar-refractivity contribution in [1.29, 1.82) is 0 Å². The summed E-state index contributed by atoms with van der Waals surface area (Å²) in [7, 11) is 0. The van der Waals surface area contributed by atoms with E-state index in [0.717, 1.165) is 12.8 Å². The first-order valence-corrected chi connectivity index (χ1v) is 7.15. The van der Waals surface area contributed by atoms with Crippen molar-refractivity contribution in [2.45, 2.75) is 39.3 Å². The minimum atomic E-state index is -1.11. The fourth-order valence-electron chi connectivity index (χ4n) is 2.58. The third-order valence-corrected chi connectivity index (χ3v) is 4.17.